The van der Waals surface area contributed by atoms with Crippen LogP contribution in [-0.2, 0) is 14.1 Å². The maximum atomic E-state index is 11.9. The summed E-state index contributed by atoms with van der Waals surface area (Å²) in [5.74, 6) is 0.398. The number of halogens is 2. The summed E-state index contributed by atoms with van der Waals surface area (Å²) >= 11 is 6.50. The van der Waals surface area contributed by atoms with E-state index in [9.17, 15) is 9.59 Å². The fourth-order valence-corrected chi connectivity index (χ4v) is 2.60. The first-order valence-electron chi connectivity index (χ1n) is 5.88. The number of nitrogens with two attached hydrogens (primary N) is 1. The van der Waals surface area contributed by atoms with Gasteiger partial charge in [0.2, 0.25) is 0 Å². The first-order valence-corrected chi connectivity index (χ1v) is 7.47. The van der Waals surface area contributed by atoms with E-state index in [1.54, 1.807) is 12.1 Å². The molecule has 21 heavy (non-hydrogen) atoms. The molecule has 2 rings (SSSR count). The summed E-state index contributed by atoms with van der Waals surface area (Å²) in [7, 11) is 2.93. The van der Waals surface area contributed by atoms with Crippen molar-refractivity contribution in [3.05, 3.63) is 59.6 Å². The summed E-state index contributed by atoms with van der Waals surface area (Å²) in [6.45, 7) is 0. The van der Waals surface area contributed by atoms with Gasteiger partial charge in [-0.1, -0.05) is 28.1 Å². The molecule has 0 spiro atoms. The van der Waals surface area contributed by atoms with Crippen molar-refractivity contribution in [2.24, 2.45) is 24.8 Å². The molecule has 0 aliphatic carbocycles. The number of benzene rings is 1. The molecular weight excluding hydrogens is 404 g/mol. The summed E-state index contributed by atoms with van der Waals surface area (Å²) in [5.41, 5.74) is 5.71. The molecule has 0 radical (unpaired) electrons. The highest BCUT2D eigenvalue weighted by molar-refractivity contribution is 9.10. The quantitative estimate of drug-likeness (QED) is 0.597. The van der Waals surface area contributed by atoms with Crippen molar-refractivity contribution >= 4 is 43.5 Å². The zero-order valence-corrected chi connectivity index (χ0v) is 14.5. The van der Waals surface area contributed by atoms with Gasteiger partial charge in [0, 0.05) is 24.1 Å². The van der Waals surface area contributed by atoms with Crippen LogP contribution in [0.25, 0.3) is 0 Å². The van der Waals surface area contributed by atoms with E-state index in [1.165, 1.54) is 18.7 Å². The second-order valence-electron chi connectivity index (χ2n) is 4.35. The van der Waals surface area contributed by atoms with E-state index in [4.69, 9.17) is 5.73 Å². The van der Waals surface area contributed by atoms with Crippen LogP contribution in [0.3, 0.4) is 0 Å². The molecule has 2 aromatic rings. The van der Waals surface area contributed by atoms with Gasteiger partial charge in [0.25, 0.3) is 5.56 Å². The Morgan fingerprint density at radius 1 is 1.10 bits per heavy atom. The fourth-order valence-electron chi connectivity index (χ4n) is 1.72. The summed E-state index contributed by atoms with van der Waals surface area (Å²) in [6.07, 6.45) is 0. The van der Waals surface area contributed by atoms with Gasteiger partial charge in [-0.3, -0.25) is 13.9 Å². The molecule has 6 nitrogen and oxygen atoms in total. The van der Waals surface area contributed by atoms with Crippen LogP contribution in [0, 0.1) is 0 Å². The van der Waals surface area contributed by atoms with Gasteiger partial charge in [0.15, 0.2) is 5.82 Å². The van der Waals surface area contributed by atoms with Crippen molar-refractivity contribution in [1.82, 2.24) is 9.13 Å². The first-order chi connectivity index (χ1) is 9.82. The smallest absolute Gasteiger partial charge is 0.332 e. The third kappa shape index (κ3) is 3.01. The van der Waals surface area contributed by atoms with Gasteiger partial charge in [-0.15, -0.1) is 0 Å². The maximum absolute atomic E-state index is 11.9. The summed E-state index contributed by atoms with van der Waals surface area (Å²) in [5, 5.41) is 0. The minimum absolute atomic E-state index is 0.184. The first kappa shape index (κ1) is 15.7. The lowest BCUT2D eigenvalue weighted by molar-refractivity contribution is 0.683. The third-order valence-electron chi connectivity index (χ3n) is 2.95. The molecule has 8 heteroatoms. The van der Waals surface area contributed by atoms with E-state index in [1.807, 2.05) is 12.1 Å². The van der Waals surface area contributed by atoms with Gasteiger partial charge in [-0.2, -0.15) is 0 Å². The monoisotopic (exact) mass is 414 g/mol. The van der Waals surface area contributed by atoms with Crippen LogP contribution in [0.15, 0.2) is 47.8 Å². The molecule has 1 aromatic carbocycles. The summed E-state index contributed by atoms with van der Waals surface area (Å²) in [4.78, 5) is 28.0. The lowest BCUT2D eigenvalue weighted by Crippen LogP contribution is -2.37. The highest BCUT2D eigenvalue weighted by Crippen LogP contribution is 2.20. The van der Waals surface area contributed by atoms with Crippen molar-refractivity contribution in [3.8, 4) is 0 Å². The molecule has 0 bridgehead atoms. The Hall–Kier alpha value is -1.67. The zero-order chi connectivity index (χ0) is 15.7. The van der Waals surface area contributed by atoms with E-state index in [2.05, 4.69) is 36.9 Å². The molecule has 0 saturated heterocycles. The number of aliphatic imine (C=N–C) groups is 1. The molecule has 0 saturated carbocycles. The molecule has 2 N–H and O–H groups in total. The predicted molar refractivity (Wildman–Crippen MR) is 89.2 cm³/mol. The standard InChI is InChI=1S/C13H12Br2N4O2/c1-18-11(9(15)12(20)19(2)13(18)21)17-10(16)7-3-5-8(14)6-4-7/h3-6H,1-2H3,(H2,16,17). The molecule has 110 valence electrons. The van der Waals surface area contributed by atoms with Crippen LogP contribution in [0.4, 0.5) is 5.82 Å². The summed E-state index contributed by atoms with van der Waals surface area (Å²) < 4.78 is 3.37. The average molecular weight is 416 g/mol. The van der Waals surface area contributed by atoms with Crippen molar-refractivity contribution in [1.29, 1.82) is 0 Å². The van der Waals surface area contributed by atoms with Crippen LogP contribution in [-0.4, -0.2) is 15.0 Å². The van der Waals surface area contributed by atoms with Gasteiger partial charge in [0.05, 0.1) is 0 Å². The zero-order valence-electron chi connectivity index (χ0n) is 11.3. The summed E-state index contributed by atoms with van der Waals surface area (Å²) in [6, 6.07) is 7.23. The number of amidine groups is 1. The maximum Gasteiger partial charge on any atom is 0.332 e. The van der Waals surface area contributed by atoms with E-state index < -0.39 is 11.2 Å². The Morgan fingerprint density at radius 2 is 1.67 bits per heavy atom. The third-order valence-corrected chi connectivity index (χ3v) is 4.17. The van der Waals surface area contributed by atoms with Crippen molar-refractivity contribution in [2.75, 3.05) is 0 Å². The van der Waals surface area contributed by atoms with Gasteiger partial charge in [-0.05, 0) is 28.1 Å². The largest absolute Gasteiger partial charge is 0.383 e. The number of aromatic nitrogens is 2. The van der Waals surface area contributed by atoms with E-state index in [0.717, 1.165) is 9.04 Å². The second kappa shape index (κ2) is 5.98. The average Bonchev–Trinajstić information content (AvgIpc) is 2.48. The lowest BCUT2D eigenvalue weighted by Gasteiger charge is -2.09. The topological polar surface area (TPSA) is 82.4 Å². The molecule has 0 amide bonds. The van der Waals surface area contributed by atoms with Crippen LogP contribution < -0.4 is 17.0 Å². The molecule has 0 aliphatic rings. The number of rotatable bonds is 2. The predicted octanol–water partition coefficient (Wildman–Crippen LogP) is 1.65. The Labute approximate surface area is 137 Å². The van der Waals surface area contributed by atoms with E-state index in [0.29, 0.717) is 5.56 Å². The Morgan fingerprint density at radius 3 is 2.24 bits per heavy atom. The molecule has 0 atom stereocenters. The fraction of sp³-hybridized carbons (Fsp3) is 0.154. The van der Waals surface area contributed by atoms with Gasteiger partial charge in [0.1, 0.15) is 10.3 Å². The Bertz CT molecular complexity index is 798. The lowest BCUT2D eigenvalue weighted by atomic mass is 10.2. The molecule has 1 heterocycles. The number of hydrogen-bond acceptors (Lipinski definition) is 3. The van der Waals surface area contributed by atoms with E-state index >= 15 is 0 Å². The van der Waals surface area contributed by atoms with Gasteiger partial charge >= 0.3 is 5.69 Å². The molecule has 0 aliphatic heterocycles. The molecular formula is C13H12Br2N4O2. The van der Waals surface area contributed by atoms with Crippen molar-refractivity contribution in [2.45, 2.75) is 0 Å². The molecule has 0 fully saturated rings. The van der Waals surface area contributed by atoms with Crippen LogP contribution in [0.5, 0.6) is 0 Å². The van der Waals surface area contributed by atoms with Crippen molar-refractivity contribution < 1.29 is 0 Å². The normalized spacial score (nSPS) is 11.7. The Kier molecular flexibility index (Phi) is 4.48. The van der Waals surface area contributed by atoms with Gasteiger partial charge in [-0.25, -0.2) is 9.79 Å². The Balaban J connectivity index is 2.63. The van der Waals surface area contributed by atoms with Crippen LogP contribution in [0.1, 0.15) is 5.56 Å². The van der Waals surface area contributed by atoms with Crippen molar-refractivity contribution in [3.63, 3.8) is 0 Å². The van der Waals surface area contributed by atoms with E-state index in [-0.39, 0.29) is 16.1 Å². The molecule has 1 aromatic heterocycles. The van der Waals surface area contributed by atoms with Crippen LogP contribution in [0.2, 0.25) is 0 Å². The second-order valence-corrected chi connectivity index (χ2v) is 6.06. The highest BCUT2D eigenvalue weighted by Gasteiger charge is 2.13. The number of nitrogens with zero attached hydrogens (tertiary/aromatic N) is 3. The molecule has 0 unspecified atom stereocenters. The SMILES string of the molecule is Cn1c(/N=C(\N)c2ccc(Br)cc2)c(Br)c(=O)n(C)c1=O. The minimum Gasteiger partial charge on any atom is -0.383 e. The number of hydrogen-bond donors (Lipinski definition) is 1. The van der Waals surface area contributed by atoms with Gasteiger partial charge < -0.3 is 5.73 Å². The highest BCUT2D eigenvalue weighted by atomic mass is 79.9. The minimum atomic E-state index is -0.467. The van der Waals surface area contributed by atoms with Crippen LogP contribution >= 0.6 is 31.9 Å².